The van der Waals surface area contributed by atoms with Crippen LogP contribution in [0.4, 0.5) is 0 Å². The van der Waals surface area contributed by atoms with Gasteiger partial charge in [0.25, 0.3) is 0 Å². The SMILES string of the molecule is O=P(O)(O)O.O=S(=O)(O)Cl. The number of hydrogen-bond donors (Lipinski definition) is 4. The van der Waals surface area contributed by atoms with Gasteiger partial charge in [-0.2, -0.15) is 8.42 Å². The van der Waals surface area contributed by atoms with Crippen molar-refractivity contribution in [3.05, 3.63) is 0 Å². The first-order chi connectivity index (χ1) is 4.00. The van der Waals surface area contributed by atoms with Gasteiger partial charge in [-0.05, 0) is 0 Å². The van der Waals surface area contributed by atoms with Gasteiger partial charge in [-0.3, -0.25) is 4.55 Å². The summed E-state index contributed by atoms with van der Waals surface area (Å²) in [6.07, 6.45) is 0. The Morgan fingerprint density at radius 3 is 1.20 bits per heavy atom. The van der Waals surface area contributed by atoms with E-state index < -0.39 is 17.2 Å². The van der Waals surface area contributed by atoms with Crippen LogP contribution < -0.4 is 0 Å². The zero-order chi connectivity index (χ0) is 9.00. The molecule has 0 heterocycles. The molecule has 4 N–H and O–H groups in total. The highest BCUT2D eigenvalue weighted by atomic mass is 35.7. The minimum Gasteiger partial charge on any atom is -0.303 e. The van der Waals surface area contributed by atoms with Crippen LogP contribution >= 0.6 is 18.5 Å². The fourth-order valence-electron chi connectivity index (χ4n) is 0. The van der Waals surface area contributed by atoms with Gasteiger partial charge in [0.1, 0.15) is 0 Å². The third-order valence-electron chi connectivity index (χ3n) is 0. The molecule has 0 atom stereocenters. The van der Waals surface area contributed by atoms with Gasteiger partial charge in [0.05, 0.1) is 0 Å². The summed E-state index contributed by atoms with van der Waals surface area (Å²) in [7, 11) is -4.78. The zero-order valence-electron chi connectivity index (χ0n) is 4.25. The molecule has 0 aliphatic rings. The van der Waals surface area contributed by atoms with Gasteiger partial charge in [-0.25, -0.2) is 4.57 Å². The summed E-state index contributed by atoms with van der Waals surface area (Å²) in [5.74, 6) is 0. The van der Waals surface area contributed by atoms with E-state index in [4.69, 9.17) is 32.2 Å². The highest BCUT2D eigenvalue weighted by Crippen LogP contribution is 2.25. The molecule has 0 saturated carbocycles. The van der Waals surface area contributed by atoms with Crippen LogP contribution in [0.1, 0.15) is 0 Å². The van der Waals surface area contributed by atoms with Gasteiger partial charge < -0.3 is 14.7 Å². The van der Waals surface area contributed by atoms with Gasteiger partial charge >= 0.3 is 17.2 Å². The molecule has 0 aromatic rings. The first kappa shape index (κ1) is 12.9. The Morgan fingerprint density at radius 2 is 1.20 bits per heavy atom. The van der Waals surface area contributed by atoms with E-state index in [0.717, 1.165) is 0 Å². The highest BCUT2D eigenvalue weighted by Gasteiger charge is 2.00. The lowest BCUT2D eigenvalue weighted by Gasteiger charge is -1.82. The van der Waals surface area contributed by atoms with Crippen molar-refractivity contribution in [2.75, 3.05) is 0 Å². The number of rotatable bonds is 0. The maximum Gasteiger partial charge on any atom is 0.466 e. The van der Waals surface area contributed by atoms with Crippen molar-refractivity contribution >= 4 is 27.8 Å². The lowest BCUT2D eigenvalue weighted by molar-refractivity contribution is 0.275. The van der Waals surface area contributed by atoms with Crippen molar-refractivity contribution in [2.24, 2.45) is 0 Å². The maximum absolute atomic E-state index is 8.95. The number of phosphoric acid groups is 1. The molecule has 0 bridgehead atoms. The minimum atomic E-state index is -4.64. The molecule has 64 valence electrons. The van der Waals surface area contributed by atoms with E-state index in [0.29, 0.717) is 0 Å². The molecule has 0 radical (unpaired) electrons. The van der Waals surface area contributed by atoms with Crippen LogP contribution in [0.15, 0.2) is 0 Å². The molecule has 0 aliphatic heterocycles. The Labute approximate surface area is 60.7 Å². The van der Waals surface area contributed by atoms with E-state index in [1.807, 2.05) is 0 Å². The summed E-state index contributed by atoms with van der Waals surface area (Å²) in [6, 6.07) is 0. The van der Waals surface area contributed by atoms with Gasteiger partial charge in [0.2, 0.25) is 0 Å². The van der Waals surface area contributed by atoms with E-state index in [1.165, 1.54) is 0 Å². The summed E-state index contributed by atoms with van der Waals surface area (Å²) in [4.78, 5) is 21.6. The average Bonchev–Trinajstić information content (AvgIpc) is 1.12. The predicted octanol–water partition coefficient (Wildman–Crippen LogP) is -0.901. The fourth-order valence-corrected chi connectivity index (χ4v) is 0. The van der Waals surface area contributed by atoms with Gasteiger partial charge in [0.15, 0.2) is 0 Å². The Hall–Kier alpha value is 0.310. The molecule has 0 aromatic carbocycles. The molecule has 0 saturated heterocycles. The van der Waals surface area contributed by atoms with Crippen molar-refractivity contribution in [3.8, 4) is 0 Å². The van der Waals surface area contributed by atoms with Crippen LogP contribution in [0.3, 0.4) is 0 Å². The van der Waals surface area contributed by atoms with Crippen LogP contribution in [0.2, 0.25) is 0 Å². The second kappa shape index (κ2) is 4.24. The van der Waals surface area contributed by atoms with E-state index >= 15 is 0 Å². The molecule has 0 unspecified atom stereocenters. The van der Waals surface area contributed by atoms with Crippen molar-refractivity contribution in [1.82, 2.24) is 0 Å². The maximum atomic E-state index is 8.95. The molecule has 0 spiro atoms. The third kappa shape index (κ3) is 4620. The van der Waals surface area contributed by atoms with E-state index in [1.54, 1.807) is 0 Å². The Morgan fingerprint density at radius 1 is 1.20 bits per heavy atom. The summed E-state index contributed by atoms with van der Waals surface area (Å²) >= 11 is 0. The van der Waals surface area contributed by atoms with E-state index in [-0.39, 0.29) is 0 Å². The standard InChI is InChI=1S/ClHO3S.H3O4P/c2*1-5(2,3)4/h(H,2,3,4);(H3,1,2,3,4). The van der Waals surface area contributed by atoms with Crippen LogP contribution in [-0.2, 0) is 13.9 Å². The van der Waals surface area contributed by atoms with Crippen molar-refractivity contribution < 1.29 is 32.2 Å². The molecular weight excluding hydrogens is 210 g/mol. The Balaban J connectivity index is 0. The van der Waals surface area contributed by atoms with Crippen LogP contribution in [0, 0.1) is 0 Å². The van der Waals surface area contributed by atoms with Gasteiger partial charge in [-0.1, -0.05) is 0 Å². The molecular formula is H4ClO7PS. The second-order valence-electron chi connectivity index (χ2n) is 0.925. The summed E-state index contributed by atoms with van der Waals surface area (Å²) in [5.41, 5.74) is 0. The van der Waals surface area contributed by atoms with Crippen LogP contribution in [-0.4, -0.2) is 27.7 Å². The van der Waals surface area contributed by atoms with E-state index in [9.17, 15) is 0 Å². The summed E-state index contributed by atoms with van der Waals surface area (Å²) in [5, 5.41) is 0. The molecule has 0 amide bonds. The van der Waals surface area contributed by atoms with Crippen molar-refractivity contribution in [2.45, 2.75) is 0 Å². The summed E-state index contributed by atoms with van der Waals surface area (Å²) < 4.78 is 34.0. The monoisotopic (exact) mass is 214 g/mol. The predicted molar refractivity (Wildman–Crippen MR) is 31.7 cm³/mol. The van der Waals surface area contributed by atoms with Crippen LogP contribution in [0.5, 0.6) is 0 Å². The molecule has 10 heteroatoms. The smallest absolute Gasteiger partial charge is 0.303 e. The normalized spacial score (nSPS) is 11.7. The third-order valence-corrected chi connectivity index (χ3v) is 0. The van der Waals surface area contributed by atoms with Crippen molar-refractivity contribution in [1.29, 1.82) is 0 Å². The molecule has 7 nitrogen and oxygen atoms in total. The number of halogens is 1. The topological polar surface area (TPSA) is 132 Å². The van der Waals surface area contributed by atoms with Crippen molar-refractivity contribution in [3.63, 3.8) is 0 Å². The fraction of sp³-hybridized carbons (Fsp3) is 0. The summed E-state index contributed by atoms with van der Waals surface area (Å²) in [6.45, 7) is 0. The first-order valence-electron chi connectivity index (χ1n) is 1.45. The first-order valence-corrected chi connectivity index (χ1v) is 5.28. The van der Waals surface area contributed by atoms with E-state index in [2.05, 4.69) is 10.7 Å². The molecule has 0 aromatic heterocycles. The lowest BCUT2D eigenvalue weighted by Crippen LogP contribution is -1.77. The quantitative estimate of drug-likeness (QED) is 0.233. The molecule has 10 heavy (non-hydrogen) atoms. The number of hydrogen-bond acceptors (Lipinski definition) is 3. The highest BCUT2D eigenvalue weighted by molar-refractivity contribution is 8.09. The minimum absolute atomic E-state index is 4.06. The Kier molecular flexibility index (Phi) is 5.49. The Bertz CT molecular complexity index is 191. The van der Waals surface area contributed by atoms with Crippen LogP contribution in [0.25, 0.3) is 0 Å². The van der Waals surface area contributed by atoms with Gasteiger partial charge in [-0.15, -0.1) is 0 Å². The lowest BCUT2D eigenvalue weighted by atomic mass is 15.8. The zero-order valence-corrected chi connectivity index (χ0v) is 6.71. The van der Waals surface area contributed by atoms with Gasteiger partial charge in [0, 0.05) is 10.7 Å². The largest absolute Gasteiger partial charge is 0.466 e. The molecule has 0 rings (SSSR count). The second-order valence-corrected chi connectivity index (χ2v) is 3.95. The average molecular weight is 215 g/mol. The molecule has 0 fully saturated rings. The molecule has 0 aliphatic carbocycles.